The number of alkyl halides is 1. The molecular formula is C24H31FN3O10P. The number of hydrogen-bond acceptors (Lipinski definition) is 10. The highest BCUT2D eigenvalue weighted by Gasteiger charge is 2.70. The molecule has 2 heterocycles. The quantitative estimate of drug-likeness (QED) is 0.226. The minimum absolute atomic E-state index is 0.0608. The van der Waals surface area contributed by atoms with E-state index in [1.807, 2.05) is 4.98 Å². The zero-order valence-electron chi connectivity index (χ0n) is 21.5. The van der Waals surface area contributed by atoms with Crippen molar-refractivity contribution in [3.63, 3.8) is 0 Å². The number of rotatable bonds is 11. The highest BCUT2D eigenvalue weighted by Crippen LogP contribution is 2.57. The number of hydrogen-bond donors (Lipinski definition) is 4. The molecule has 2 aromatic rings. The Morgan fingerprint density at radius 1 is 1.26 bits per heavy atom. The monoisotopic (exact) mass is 571 g/mol. The van der Waals surface area contributed by atoms with Gasteiger partial charge in [-0.2, -0.15) is 5.09 Å². The Bertz CT molecular complexity index is 1350. The molecule has 13 nitrogen and oxygen atoms in total. The Kier molecular flexibility index (Phi) is 8.18. The van der Waals surface area contributed by atoms with Crippen molar-refractivity contribution in [3.8, 4) is 5.75 Å². The molecule has 0 spiro atoms. The first-order valence-electron chi connectivity index (χ1n) is 12.3. The van der Waals surface area contributed by atoms with Crippen LogP contribution in [0.1, 0.15) is 39.8 Å². The molecule has 4 rings (SSSR count). The van der Waals surface area contributed by atoms with E-state index in [1.165, 1.54) is 19.1 Å². The lowest BCUT2D eigenvalue weighted by atomic mass is 9.88. The zero-order valence-corrected chi connectivity index (χ0v) is 22.4. The first-order chi connectivity index (χ1) is 18.3. The number of aromatic amines is 1. The number of nitrogens with zero attached hydrogens (tertiary/aromatic N) is 1. The van der Waals surface area contributed by atoms with Gasteiger partial charge in [0.05, 0.1) is 6.10 Å². The summed E-state index contributed by atoms with van der Waals surface area (Å²) in [6.45, 7) is 3.35. The second-order valence-corrected chi connectivity index (χ2v) is 11.5. The van der Waals surface area contributed by atoms with Crippen LogP contribution in [0.25, 0.3) is 0 Å². The molecule has 6 atom stereocenters. The highest BCUT2D eigenvalue weighted by molar-refractivity contribution is 7.52. The van der Waals surface area contributed by atoms with Crippen molar-refractivity contribution in [3.05, 3.63) is 63.4 Å². The van der Waals surface area contributed by atoms with Crippen LogP contribution in [0.2, 0.25) is 0 Å². The molecule has 1 saturated carbocycles. The number of nitrogens with one attached hydrogen (secondary N) is 2. The number of aliphatic hydroxyl groups is 2. The summed E-state index contributed by atoms with van der Waals surface area (Å²) in [5, 5.41) is 24.8. The average Bonchev–Trinajstić information content (AvgIpc) is 3.69. The van der Waals surface area contributed by atoms with Crippen LogP contribution in [-0.4, -0.2) is 62.0 Å². The van der Waals surface area contributed by atoms with Crippen LogP contribution >= 0.6 is 7.75 Å². The Morgan fingerprint density at radius 3 is 2.51 bits per heavy atom. The van der Waals surface area contributed by atoms with Gasteiger partial charge in [0.25, 0.3) is 11.4 Å². The molecule has 15 heteroatoms. The first kappa shape index (κ1) is 29.1. The van der Waals surface area contributed by atoms with Crippen LogP contribution < -0.4 is 20.9 Å². The Morgan fingerprint density at radius 2 is 1.92 bits per heavy atom. The smallest absolute Gasteiger partial charge is 0.459 e. The molecule has 1 aromatic heterocycles. The largest absolute Gasteiger partial charge is 0.462 e. The van der Waals surface area contributed by atoms with Gasteiger partial charge in [-0.05, 0) is 51.7 Å². The molecule has 1 aliphatic carbocycles. The topological polar surface area (TPSA) is 178 Å². The van der Waals surface area contributed by atoms with E-state index in [0.29, 0.717) is 12.8 Å². The molecule has 1 aromatic carbocycles. The van der Waals surface area contributed by atoms with Gasteiger partial charge in [-0.3, -0.25) is 23.7 Å². The Labute approximate surface area is 222 Å². The summed E-state index contributed by atoms with van der Waals surface area (Å²) in [4.78, 5) is 38.3. The molecule has 0 amide bonds. The van der Waals surface area contributed by atoms with Gasteiger partial charge in [0.15, 0.2) is 6.23 Å². The van der Waals surface area contributed by atoms with E-state index in [9.17, 15) is 29.2 Å². The Hall–Kier alpha value is -2.87. The number of H-pyrrole nitrogens is 1. The molecule has 0 radical (unpaired) electrons. The van der Waals surface area contributed by atoms with E-state index in [-0.39, 0.29) is 5.75 Å². The average molecular weight is 571 g/mol. The summed E-state index contributed by atoms with van der Waals surface area (Å²) in [6.07, 6.45) is -2.65. The van der Waals surface area contributed by atoms with Gasteiger partial charge in [0.1, 0.15) is 30.1 Å². The first-order valence-corrected chi connectivity index (χ1v) is 13.9. The van der Waals surface area contributed by atoms with Crippen LogP contribution in [0, 0.1) is 5.92 Å². The molecule has 39 heavy (non-hydrogen) atoms. The molecule has 2 aliphatic rings. The van der Waals surface area contributed by atoms with Crippen molar-refractivity contribution in [2.45, 2.75) is 69.5 Å². The second kappa shape index (κ2) is 11.0. The number of halogens is 1. The van der Waals surface area contributed by atoms with Crippen molar-refractivity contribution >= 4 is 13.7 Å². The van der Waals surface area contributed by atoms with Gasteiger partial charge >= 0.3 is 19.4 Å². The predicted molar refractivity (Wildman–Crippen MR) is 133 cm³/mol. The summed E-state index contributed by atoms with van der Waals surface area (Å²) in [7, 11) is -4.55. The number of aromatic nitrogens is 2. The minimum atomic E-state index is -4.55. The van der Waals surface area contributed by atoms with Gasteiger partial charge in [0.2, 0.25) is 0 Å². The number of carbonyl (C=O) groups is 1. The van der Waals surface area contributed by atoms with Crippen LogP contribution in [0.3, 0.4) is 0 Å². The molecule has 1 aliphatic heterocycles. The Balaban J connectivity index is 1.61. The maximum absolute atomic E-state index is 16.2. The fourth-order valence-electron chi connectivity index (χ4n) is 4.31. The summed E-state index contributed by atoms with van der Waals surface area (Å²) in [6, 6.07) is 7.49. The normalized spacial score (nSPS) is 29.1. The van der Waals surface area contributed by atoms with Gasteiger partial charge in [-0.1, -0.05) is 18.2 Å². The maximum Gasteiger partial charge on any atom is 0.459 e. The molecule has 6 unspecified atom stereocenters. The van der Waals surface area contributed by atoms with Gasteiger partial charge < -0.3 is 24.2 Å². The number of benzene rings is 1. The summed E-state index contributed by atoms with van der Waals surface area (Å²) in [5.41, 5.74) is -4.01. The SMILES string of the molecule is CC(C)OC(=O)C(C)NP(=O)(OCC1(F)OC(n2ccc(=O)[nH]c2=O)C(O)(C2CC2)C1O)Oc1ccccc1. The number of esters is 1. The third kappa shape index (κ3) is 6.16. The van der Waals surface area contributed by atoms with Crippen molar-refractivity contribution < 1.29 is 42.5 Å². The third-order valence-corrected chi connectivity index (χ3v) is 7.97. The predicted octanol–water partition coefficient (Wildman–Crippen LogP) is 1.37. The molecule has 2 fully saturated rings. The summed E-state index contributed by atoms with van der Waals surface area (Å²) in [5.74, 6) is -4.54. The van der Waals surface area contributed by atoms with Crippen molar-refractivity contribution in [2.24, 2.45) is 5.92 Å². The lowest BCUT2D eigenvalue weighted by molar-refractivity contribution is -0.204. The van der Waals surface area contributed by atoms with Crippen LogP contribution in [0.4, 0.5) is 4.39 Å². The van der Waals surface area contributed by atoms with Gasteiger partial charge in [-0.25, -0.2) is 13.8 Å². The van der Waals surface area contributed by atoms with Gasteiger partial charge in [0, 0.05) is 12.3 Å². The molecule has 214 valence electrons. The molecular weight excluding hydrogens is 540 g/mol. The van der Waals surface area contributed by atoms with E-state index < -0.39 is 73.4 Å². The lowest BCUT2D eigenvalue weighted by Gasteiger charge is -2.32. The van der Waals surface area contributed by atoms with Crippen molar-refractivity contribution in [1.29, 1.82) is 0 Å². The molecule has 4 N–H and O–H groups in total. The zero-order chi connectivity index (χ0) is 28.6. The van der Waals surface area contributed by atoms with Crippen molar-refractivity contribution in [1.82, 2.24) is 14.6 Å². The minimum Gasteiger partial charge on any atom is -0.462 e. The molecule has 0 bridgehead atoms. The number of aliphatic hydroxyl groups excluding tert-OH is 1. The number of carbonyl (C=O) groups excluding carboxylic acids is 1. The fraction of sp³-hybridized carbons (Fsp3) is 0.542. The summed E-state index contributed by atoms with van der Waals surface area (Å²) < 4.78 is 52.0. The maximum atomic E-state index is 16.2. The van der Waals surface area contributed by atoms with Crippen LogP contribution in [0.15, 0.2) is 52.2 Å². The number of para-hydroxylation sites is 1. The second-order valence-electron chi connectivity index (χ2n) is 9.85. The van der Waals surface area contributed by atoms with E-state index in [1.54, 1.807) is 32.0 Å². The lowest BCUT2D eigenvalue weighted by Crippen LogP contribution is -2.53. The summed E-state index contributed by atoms with van der Waals surface area (Å²) >= 11 is 0. The highest BCUT2D eigenvalue weighted by atomic mass is 31.2. The number of ether oxygens (including phenoxy) is 2. The van der Waals surface area contributed by atoms with Crippen molar-refractivity contribution in [2.75, 3.05) is 6.61 Å². The van der Waals surface area contributed by atoms with E-state index in [4.69, 9.17) is 18.5 Å². The van der Waals surface area contributed by atoms with E-state index >= 15 is 4.39 Å². The van der Waals surface area contributed by atoms with Crippen LogP contribution in [-0.2, 0) is 23.4 Å². The van der Waals surface area contributed by atoms with E-state index in [2.05, 4.69) is 5.09 Å². The molecule has 1 saturated heterocycles. The van der Waals surface area contributed by atoms with Crippen LogP contribution in [0.5, 0.6) is 5.75 Å². The fourth-order valence-corrected chi connectivity index (χ4v) is 5.81. The third-order valence-electron chi connectivity index (χ3n) is 6.34. The van der Waals surface area contributed by atoms with E-state index in [0.717, 1.165) is 16.8 Å². The van der Waals surface area contributed by atoms with Gasteiger partial charge in [-0.15, -0.1) is 0 Å². The standard InChI is InChI=1S/C24H31FN3O10P/c1-14(2)36-19(30)15(3)27-39(34,38-17-7-5-4-6-8-17)35-13-23(25)20(31)24(33,16-9-10-16)21(37-23)28-12-11-18(29)26-22(28)32/h4-8,11-12,14-16,20-21,31,33H,9-10,13H2,1-3H3,(H,27,34)(H,26,29,32).